The number of carbonyl (C=O) groups excluding carboxylic acids is 1. The molecule has 4 atom stereocenters. The number of aromatic nitrogens is 4. The van der Waals surface area contributed by atoms with Crippen molar-refractivity contribution >= 4 is 33.1 Å². The molecule has 0 bridgehead atoms. The van der Waals surface area contributed by atoms with Crippen LogP contribution in [-0.4, -0.2) is 75.5 Å². The van der Waals surface area contributed by atoms with Gasteiger partial charge >= 0.3 is 10.2 Å². The number of unbranched alkanes of at least 4 members (excludes halogenated alkanes) is 7. The van der Waals surface area contributed by atoms with Crippen molar-refractivity contribution < 1.29 is 32.9 Å². The molecule has 4 rings (SSSR count). The number of nitrogens with zero attached hydrogens (tertiary/aromatic N) is 4. The molecule has 3 aromatic rings. The largest absolute Gasteiger partial charge is 0.494 e. The van der Waals surface area contributed by atoms with Crippen LogP contribution in [0, 0.1) is 0 Å². The standard InChI is InChI=1S/C27H39N7O7S/c28-25-22-26(30-17-29-25)34(18-31-22)27-24(37)23(36)20(41-27)16-32-42(38,39)33-21(35)14-10-5-3-1-2-4-6-11-15-40-19-12-8-7-9-13-19/h7-9,12-13,17-18,20,23-24,27,32,36-37H,1-6,10-11,14-16H2,(H,33,35)(H2,28,29,30)/t20-,23-,24-,27-/m1/s1. The molecule has 2 aromatic heterocycles. The molecule has 1 aliphatic rings. The van der Waals surface area contributed by atoms with Gasteiger partial charge in [0.05, 0.1) is 12.9 Å². The number of rotatable bonds is 17. The van der Waals surface area contributed by atoms with E-state index in [0.717, 1.165) is 50.7 Å². The van der Waals surface area contributed by atoms with Gasteiger partial charge in [-0.15, -0.1) is 0 Å². The van der Waals surface area contributed by atoms with Crippen LogP contribution >= 0.6 is 0 Å². The minimum Gasteiger partial charge on any atom is -0.494 e. The average Bonchev–Trinajstić information content (AvgIpc) is 3.52. The molecule has 1 fully saturated rings. The van der Waals surface area contributed by atoms with E-state index in [2.05, 4.69) is 19.7 Å². The van der Waals surface area contributed by atoms with Gasteiger partial charge in [-0.2, -0.15) is 13.1 Å². The Morgan fingerprint density at radius 3 is 2.40 bits per heavy atom. The molecule has 230 valence electrons. The van der Waals surface area contributed by atoms with E-state index in [1.165, 1.54) is 17.2 Å². The summed E-state index contributed by atoms with van der Waals surface area (Å²) >= 11 is 0. The molecule has 0 radical (unpaired) electrons. The Hall–Kier alpha value is -3.37. The predicted molar refractivity (Wildman–Crippen MR) is 154 cm³/mol. The molecular weight excluding hydrogens is 566 g/mol. The SMILES string of the molecule is Nc1ncnc2c1ncn2[C@@H]1O[C@H](CNS(=O)(=O)NC(=O)CCCCCCCCCCOc2ccccc2)[C@@H](O)[C@H]1O. The van der Waals surface area contributed by atoms with E-state index in [0.29, 0.717) is 18.5 Å². The molecule has 3 heterocycles. The number of ether oxygens (including phenoxy) is 2. The highest BCUT2D eigenvalue weighted by atomic mass is 32.2. The third-order valence-corrected chi connectivity index (χ3v) is 8.07. The molecule has 6 N–H and O–H groups in total. The number of para-hydroxylation sites is 1. The second-order valence-electron chi connectivity index (χ2n) is 10.2. The van der Waals surface area contributed by atoms with E-state index in [-0.39, 0.29) is 24.4 Å². The molecular formula is C27H39N7O7S. The van der Waals surface area contributed by atoms with Gasteiger partial charge in [0, 0.05) is 13.0 Å². The van der Waals surface area contributed by atoms with E-state index in [1.54, 1.807) is 0 Å². The normalized spacial score (nSPS) is 20.6. The van der Waals surface area contributed by atoms with Gasteiger partial charge in [-0.1, -0.05) is 56.7 Å². The summed E-state index contributed by atoms with van der Waals surface area (Å²) in [7, 11) is -4.19. The second kappa shape index (κ2) is 15.2. The van der Waals surface area contributed by atoms with E-state index >= 15 is 0 Å². The quantitative estimate of drug-likeness (QED) is 0.140. The number of nitrogens with one attached hydrogen (secondary N) is 2. The van der Waals surface area contributed by atoms with Crippen LogP contribution in [0.5, 0.6) is 5.75 Å². The van der Waals surface area contributed by atoms with Gasteiger partial charge < -0.3 is 25.4 Å². The average molecular weight is 606 g/mol. The van der Waals surface area contributed by atoms with E-state index in [4.69, 9.17) is 15.2 Å². The van der Waals surface area contributed by atoms with Crippen LogP contribution in [0.25, 0.3) is 11.2 Å². The number of nitrogen functional groups attached to an aromatic ring is 1. The van der Waals surface area contributed by atoms with Crippen LogP contribution in [0.2, 0.25) is 0 Å². The minimum absolute atomic E-state index is 0.0831. The van der Waals surface area contributed by atoms with Crippen molar-refractivity contribution in [2.24, 2.45) is 0 Å². The zero-order chi connectivity index (χ0) is 30.0. The number of amides is 1. The Kier molecular flexibility index (Phi) is 11.4. The Bertz CT molecular complexity index is 1390. The number of imidazole rings is 1. The molecule has 1 amide bonds. The van der Waals surface area contributed by atoms with Gasteiger partial charge in [0.1, 0.15) is 35.9 Å². The lowest BCUT2D eigenvalue weighted by Crippen LogP contribution is -2.45. The fourth-order valence-electron chi connectivity index (χ4n) is 4.77. The van der Waals surface area contributed by atoms with Crippen molar-refractivity contribution in [3.63, 3.8) is 0 Å². The maximum absolute atomic E-state index is 12.4. The highest BCUT2D eigenvalue weighted by Gasteiger charge is 2.44. The smallest absolute Gasteiger partial charge is 0.301 e. The lowest BCUT2D eigenvalue weighted by atomic mass is 10.1. The summed E-state index contributed by atoms with van der Waals surface area (Å²) in [4.78, 5) is 24.2. The molecule has 14 nitrogen and oxygen atoms in total. The molecule has 1 aromatic carbocycles. The first-order valence-corrected chi connectivity index (χ1v) is 15.7. The zero-order valence-corrected chi connectivity index (χ0v) is 24.2. The van der Waals surface area contributed by atoms with Crippen LogP contribution in [-0.2, 0) is 19.7 Å². The molecule has 0 unspecified atom stereocenters. The molecule has 1 saturated heterocycles. The van der Waals surface area contributed by atoms with Gasteiger partial charge in [0.15, 0.2) is 17.7 Å². The summed E-state index contributed by atoms with van der Waals surface area (Å²) in [6.45, 7) is 0.335. The highest BCUT2D eigenvalue weighted by molar-refractivity contribution is 7.88. The van der Waals surface area contributed by atoms with Gasteiger partial charge in [0.25, 0.3) is 0 Å². The van der Waals surface area contributed by atoms with Crippen LogP contribution in [0.15, 0.2) is 43.0 Å². The Morgan fingerprint density at radius 2 is 1.67 bits per heavy atom. The number of nitrogens with two attached hydrogens (primary N) is 1. The van der Waals surface area contributed by atoms with Crippen LogP contribution < -0.4 is 19.9 Å². The number of carbonyl (C=O) groups is 1. The van der Waals surface area contributed by atoms with Gasteiger partial charge in [-0.3, -0.25) is 9.36 Å². The molecule has 0 spiro atoms. The molecule has 42 heavy (non-hydrogen) atoms. The number of hydrogen-bond acceptors (Lipinski definition) is 11. The fraction of sp³-hybridized carbons (Fsp3) is 0.556. The van der Waals surface area contributed by atoms with Crippen LogP contribution in [0.1, 0.15) is 64.0 Å². The summed E-state index contributed by atoms with van der Waals surface area (Å²) in [5.74, 6) is 0.417. The van der Waals surface area contributed by atoms with Gasteiger partial charge in [0.2, 0.25) is 5.91 Å². The van der Waals surface area contributed by atoms with Crippen molar-refractivity contribution in [1.29, 1.82) is 0 Å². The Morgan fingerprint density at radius 1 is 0.976 bits per heavy atom. The van der Waals surface area contributed by atoms with Crippen molar-refractivity contribution in [3.8, 4) is 5.75 Å². The number of fused-ring (bicyclic) bond motifs is 1. The number of aliphatic hydroxyl groups excluding tert-OH is 2. The first-order chi connectivity index (χ1) is 20.2. The van der Waals surface area contributed by atoms with E-state index in [9.17, 15) is 23.4 Å². The molecule has 1 aliphatic heterocycles. The summed E-state index contributed by atoms with van der Waals surface area (Å²) < 4.78 is 41.7. The molecule has 0 aliphatic carbocycles. The third-order valence-electron chi connectivity index (χ3n) is 7.03. The lowest BCUT2D eigenvalue weighted by molar-refractivity contribution is -0.119. The first-order valence-electron chi connectivity index (χ1n) is 14.2. The third kappa shape index (κ3) is 8.82. The van der Waals surface area contributed by atoms with Crippen molar-refractivity contribution in [3.05, 3.63) is 43.0 Å². The first kappa shape index (κ1) is 31.6. The van der Waals surface area contributed by atoms with Crippen molar-refractivity contribution in [1.82, 2.24) is 29.0 Å². The van der Waals surface area contributed by atoms with E-state index < -0.39 is 40.7 Å². The van der Waals surface area contributed by atoms with Gasteiger partial charge in [-0.25, -0.2) is 19.7 Å². The number of benzene rings is 1. The van der Waals surface area contributed by atoms with Crippen molar-refractivity contribution in [2.45, 2.75) is 82.3 Å². The maximum Gasteiger partial charge on any atom is 0.301 e. The summed E-state index contributed by atoms with van der Waals surface area (Å²) in [5, 5.41) is 21.0. The lowest BCUT2D eigenvalue weighted by Gasteiger charge is -2.16. The second-order valence-corrected chi connectivity index (χ2v) is 11.7. The van der Waals surface area contributed by atoms with E-state index in [1.807, 2.05) is 35.1 Å². The number of hydrogen-bond donors (Lipinski definition) is 5. The van der Waals surface area contributed by atoms with Crippen LogP contribution in [0.4, 0.5) is 5.82 Å². The summed E-state index contributed by atoms with van der Waals surface area (Å²) in [6.07, 6.45) is 5.48. The zero-order valence-electron chi connectivity index (χ0n) is 23.3. The Balaban J connectivity index is 1.07. The fourth-order valence-corrected chi connectivity index (χ4v) is 5.63. The topological polar surface area (TPSA) is 204 Å². The minimum atomic E-state index is -4.19. The predicted octanol–water partition coefficient (Wildman–Crippen LogP) is 1.57. The summed E-state index contributed by atoms with van der Waals surface area (Å²) in [6, 6.07) is 9.76. The molecule has 0 saturated carbocycles. The maximum atomic E-state index is 12.4. The number of aliphatic hydroxyl groups is 2. The highest BCUT2D eigenvalue weighted by Crippen LogP contribution is 2.31. The van der Waals surface area contributed by atoms with Crippen LogP contribution in [0.3, 0.4) is 0 Å². The Labute approximate surface area is 244 Å². The number of anilines is 1. The monoisotopic (exact) mass is 605 g/mol. The van der Waals surface area contributed by atoms with Gasteiger partial charge in [-0.05, 0) is 25.0 Å². The van der Waals surface area contributed by atoms with Crippen molar-refractivity contribution in [2.75, 3.05) is 18.9 Å². The molecule has 15 heteroatoms. The summed E-state index contributed by atoms with van der Waals surface area (Å²) in [5.41, 5.74) is 6.38.